The minimum Gasteiger partial charge on any atom is -0.380 e. The van der Waals surface area contributed by atoms with Crippen LogP contribution in [0, 0.1) is 11.6 Å². The first-order valence-corrected chi connectivity index (χ1v) is 12.0. The molecule has 11 heteroatoms. The van der Waals surface area contributed by atoms with E-state index in [1.807, 2.05) is 6.92 Å². The van der Waals surface area contributed by atoms with Crippen LogP contribution >= 0.6 is 0 Å². The molecule has 9 nitrogen and oxygen atoms in total. The Kier molecular flexibility index (Phi) is 7.84. The molecule has 3 aromatic rings. The van der Waals surface area contributed by atoms with Crippen molar-refractivity contribution >= 4 is 34.3 Å². The number of hydrogen-bond donors (Lipinski definition) is 4. The van der Waals surface area contributed by atoms with Crippen LogP contribution in [0.15, 0.2) is 42.5 Å². The predicted molar refractivity (Wildman–Crippen MR) is 132 cm³/mol. The number of ether oxygens (including phenoxy) is 1. The third-order valence-electron chi connectivity index (χ3n) is 6.09. The number of aliphatic hydroxyl groups is 1. The molecule has 196 valence electrons. The normalized spacial score (nSPS) is 17.4. The minimum absolute atomic E-state index is 0.0817. The topological polar surface area (TPSA) is 124 Å². The number of hydrogen-bond acceptors (Lipinski definition) is 5. The molecule has 0 aliphatic carbocycles. The van der Waals surface area contributed by atoms with Gasteiger partial charge in [-0.3, -0.25) is 14.4 Å². The van der Waals surface area contributed by atoms with E-state index in [0.717, 1.165) is 18.6 Å². The van der Waals surface area contributed by atoms with Crippen molar-refractivity contribution in [2.45, 2.75) is 31.9 Å². The van der Waals surface area contributed by atoms with Gasteiger partial charge in [0.25, 0.3) is 17.7 Å². The van der Waals surface area contributed by atoms with Crippen molar-refractivity contribution in [3.63, 3.8) is 0 Å². The number of fused-ring (bicyclic) bond motifs is 1. The number of anilines is 1. The highest BCUT2D eigenvalue weighted by molar-refractivity contribution is 6.16. The summed E-state index contributed by atoms with van der Waals surface area (Å²) in [6.07, 6.45) is 0.740. The van der Waals surface area contributed by atoms with Gasteiger partial charge >= 0.3 is 0 Å². The Balaban J connectivity index is 1.41. The number of benzene rings is 2. The van der Waals surface area contributed by atoms with E-state index in [2.05, 4.69) is 15.6 Å². The van der Waals surface area contributed by atoms with E-state index in [-0.39, 0.29) is 31.0 Å². The molecule has 4 N–H and O–H groups in total. The first-order chi connectivity index (χ1) is 17.7. The molecule has 1 aliphatic rings. The quantitative estimate of drug-likeness (QED) is 0.244. The van der Waals surface area contributed by atoms with Crippen LogP contribution in [0.3, 0.4) is 0 Å². The van der Waals surface area contributed by atoms with Gasteiger partial charge in [0.15, 0.2) is 0 Å². The Morgan fingerprint density at radius 3 is 2.59 bits per heavy atom. The summed E-state index contributed by atoms with van der Waals surface area (Å²) in [4.78, 5) is 42.5. The van der Waals surface area contributed by atoms with Crippen LogP contribution in [0.1, 0.15) is 35.8 Å². The van der Waals surface area contributed by atoms with Gasteiger partial charge in [0, 0.05) is 55.3 Å². The van der Waals surface area contributed by atoms with Gasteiger partial charge in [-0.25, -0.2) is 8.78 Å². The van der Waals surface area contributed by atoms with Crippen LogP contribution in [0.2, 0.25) is 0 Å². The molecule has 1 unspecified atom stereocenters. The molecule has 4 rings (SSSR count). The number of halogens is 2. The molecule has 3 amide bonds. The zero-order chi connectivity index (χ0) is 26.6. The maximum Gasteiger partial charge on any atom is 0.268 e. The number of aromatic amines is 1. The highest BCUT2D eigenvalue weighted by Crippen LogP contribution is 2.31. The summed E-state index contributed by atoms with van der Waals surface area (Å²) in [5.74, 6) is -3.65. The molecular weight excluding hydrogens is 486 g/mol. The summed E-state index contributed by atoms with van der Waals surface area (Å²) < 4.78 is 32.1. The molecule has 0 radical (unpaired) electrons. The number of nitrogens with zero attached hydrogens (tertiary/aromatic N) is 1. The Morgan fingerprint density at radius 2 is 1.86 bits per heavy atom. The molecule has 1 aromatic heterocycles. The average Bonchev–Trinajstić information content (AvgIpc) is 3.43. The van der Waals surface area contributed by atoms with Crippen molar-refractivity contribution in [2.75, 3.05) is 31.2 Å². The average molecular weight is 515 g/mol. The zero-order valence-corrected chi connectivity index (χ0v) is 20.3. The van der Waals surface area contributed by atoms with E-state index in [4.69, 9.17) is 4.74 Å². The Hall–Kier alpha value is -3.83. The second-order valence-electron chi connectivity index (χ2n) is 8.85. The van der Waals surface area contributed by atoms with E-state index in [9.17, 15) is 28.3 Å². The highest BCUT2D eigenvalue weighted by Gasteiger charge is 2.51. The SMILES string of the molecule is CCCOCCNC(=O)c1cc2cc(N3CCC(O)(C(=O)NCc4cc(F)cc(F)c4)C3=O)ccc2[nH]1. The van der Waals surface area contributed by atoms with Gasteiger partial charge in [0.2, 0.25) is 5.60 Å². The number of nitrogens with one attached hydrogen (secondary N) is 3. The van der Waals surface area contributed by atoms with Gasteiger partial charge in [0.05, 0.1) is 6.61 Å². The van der Waals surface area contributed by atoms with Crippen molar-refractivity contribution in [3.8, 4) is 0 Å². The second-order valence-corrected chi connectivity index (χ2v) is 8.85. The molecule has 37 heavy (non-hydrogen) atoms. The first-order valence-electron chi connectivity index (χ1n) is 12.0. The summed E-state index contributed by atoms with van der Waals surface area (Å²) in [6.45, 7) is 3.24. The maximum absolute atomic E-state index is 13.4. The lowest BCUT2D eigenvalue weighted by molar-refractivity contribution is -0.149. The van der Waals surface area contributed by atoms with Gasteiger partial charge in [-0.05, 0) is 48.4 Å². The zero-order valence-electron chi connectivity index (χ0n) is 20.3. The monoisotopic (exact) mass is 514 g/mol. The third kappa shape index (κ3) is 5.78. The van der Waals surface area contributed by atoms with Crippen LogP contribution in [0.4, 0.5) is 14.5 Å². The Morgan fingerprint density at radius 1 is 1.11 bits per heavy atom. The first kappa shape index (κ1) is 26.2. The summed E-state index contributed by atoms with van der Waals surface area (Å²) in [5, 5.41) is 16.7. The van der Waals surface area contributed by atoms with Gasteiger partial charge in [0.1, 0.15) is 17.3 Å². The summed E-state index contributed by atoms with van der Waals surface area (Å²) in [7, 11) is 0. The fraction of sp³-hybridized carbons (Fsp3) is 0.346. The van der Waals surface area contributed by atoms with E-state index in [1.165, 1.54) is 4.90 Å². The molecule has 2 heterocycles. The van der Waals surface area contributed by atoms with Crippen LogP contribution in [-0.4, -0.2) is 59.7 Å². The van der Waals surface area contributed by atoms with Gasteiger partial charge in [-0.2, -0.15) is 0 Å². The Labute approximate surface area is 211 Å². The molecule has 0 saturated carbocycles. The van der Waals surface area contributed by atoms with E-state index >= 15 is 0 Å². The van der Waals surface area contributed by atoms with E-state index in [1.54, 1.807) is 24.3 Å². The molecule has 1 aliphatic heterocycles. The van der Waals surface area contributed by atoms with Crippen LogP contribution in [-0.2, 0) is 20.9 Å². The number of carbonyl (C=O) groups excluding carboxylic acids is 3. The number of carbonyl (C=O) groups is 3. The fourth-order valence-corrected chi connectivity index (χ4v) is 4.19. The van der Waals surface area contributed by atoms with Gasteiger partial charge in [-0.15, -0.1) is 0 Å². The highest BCUT2D eigenvalue weighted by atomic mass is 19.1. The molecule has 1 saturated heterocycles. The summed E-state index contributed by atoms with van der Waals surface area (Å²) >= 11 is 0. The summed E-state index contributed by atoms with van der Waals surface area (Å²) in [5.41, 5.74) is -0.683. The summed E-state index contributed by atoms with van der Waals surface area (Å²) in [6, 6.07) is 9.50. The Bertz CT molecular complexity index is 1310. The van der Waals surface area contributed by atoms with E-state index in [0.29, 0.717) is 48.1 Å². The number of H-pyrrole nitrogens is 1. The molecule has 1 atom stereocenters. The second kappa shape index (κ2) is 11.1. The lowest BCUT2D eigenvalue weighted by Crippen LogP contribution is -2.52. The molecule has 2 aromatic carbocycles. The van der Waals surface area contributed by atoms with Crippen molar-refractivity contribution in [1.29, 1.82) is 0 Å². The van der Waals surface area contributed by atoms with E-state index < -0.39 is 29.0 Å². The standard InChI is InChI=1S/C26H28F2N4O5/c1-2-8-37-9-6-29-23(33)22-13-17-12-20(3-4-21(17)31-22)32-7-5-26(36,25(32)35)24(34)30-15-16-10-18(27)14-19(28)11-16/h3-4,10-14,31,36H,2,5-9,15H2,1H3,(H,29,33)(H,30,34). The lowest BCUT2D eigenvalue weighted by atomic mass is 10.0. The third-order valence-corrected chi connectivity index (χ3v) is 6.09. The van der Waals surface area contributed by atoms with Crippen molar-refractivity contribution in [2.24, 2.45) is 0 Å². The molecule has 0 bridgehead atoms. The van der Waals surface area contributed by atoms with Crippen LogP contribution < -0.4 is 15.5 Å². The predicted octanol–water partition coefficient (Wildman–Crippen LogP) is 2.39. The number of aromatic nitrogens is 1. The minimum atomic E-state index is -2.32. The smallest absolute Gasteiger partial charge is 0.268 e. The maximum atomic E-state index is 13.4. The molecular formula is C26H28F2N4O5. The van der Waals surface area contributed by atoms with Gasteiger partial charge in [-0.1, -0.05) is 6.92 Å². The molecule has 1 fully saturated rings. The number of amides is 3. The lowest BCUT2D eigenvalue weighted by Gasteiger charge is -2.22. The largest absolute Gasteiger partial charge is 0.380 e. The number of rotatable bonds is 10. The van der Waals surface area contributed by atoms with Crippen molar-refractivity contribution in [3.05, 3.63) is 65.4 Å². The van der Waals surface area contributed by atoms with Crippen molar-refractivity contribution in [1.82, 2.24) is 15.6 Å². The van der Waals surface area contributed by atoms with Crippen molar-refractivity contribution < 1.29 is 33.0 Å². The van der Waals surface area contributed by atoms with Crippen LogP contribution in [0.5, 0.6) is 0 Å². The van der Waals surface area contributed by atoms with Crippen LogP contribution in [0.25, 0.3) is 10.9 Å². The van der Waals surface area contributed by atoms with Gasteiger partial charge < -0.3 is 30.4 Å². The molecule has 0 spiro atoms. The fourth-order valence-electron chi connectivity index (χ4n) is 4.19.